The lowest BCUT2D eigenvalue weighted by molar-refractivity contribution is -0.140. The molecule has 0 unspecified atom stereocenters. The van der Waals surface area contributed by atoms with Crippen LogP contribution in [-0.2, 0) is 20.7 Å². The summed E-state index contributed by atoms with van der Waals surface area (Å²) in [7, 11) is 3.17. The molecule has 0 spiro atoms. The first-order chi connectivity index (χ1) is 14.9. The van der Waals surface area contributed by atoms with Crippen LogP contribution in [0.25, 0.3) is 5.76 Å². The molecule has 2 aromatic rings. The Hall–Kier alpha value is -3.12. The van der Waals surface area contributed by atoms with E-state index in [1.54, 1.807) is 32.4 Å². The molecule has 6 nitrogen and oxygen atoms in total. The molecule has 31 heavy (non-hydrogen) atoms. The summed E-state index contributed by atoms with van der Waals surface area (Å²) < 4.78 is 10.4. The summed E-state index contributed by atoms with van der Waals surface area (Å²) in [5.41, 5.74) is 3.32. The number of aliphatic hydroxyl groups excluding tert-OH is 1. The van der Waals surface area contributed by atoms with Gasteiger partial charge in [0.25, 0.3) is 11.7 Å². The lowest BCUT2D eigenvalue weighted by Crippen LogP contribution is -2.31. The quantitative estimate of drug-likeness (QED) is 0.300. The van der Waals surface area contributed by atoms with Crippen molar-refractivity contribution in [2.45, 2.75) is 32.7 Å². The van der Waals surface area contributed by atoms with Crippen molar-refractivity contribution in [3.63, 3.8) is 0 Å². The number of carbonyl (C=O) groups excluding carboxylic acids is 2. The predicted molar refractivity (Wildman–Crippen MR) is 119 cm³/mol. The number of benzene rings is 2. The van der Waals surface area contributed by atoms with Gasteiger partial charge in [-0.3, -0.25) is 9.59 Å². The highest BCUT2D eigenvalue weighted by Crippen LogP contribution is 2.40. The van der Waals surface area contributed by atoms with Crippen LogP contribution < -0.4 is 4.74 Å². The average molecular weight is 424 g/mol. The maximum atomic E-state index is 13.0. The standard InChI is InChI=1S/C25H29NO5/c1-5-17-7-9-18(10-8-17)22-21(24(28)25(29)26(22)13-6-14-30-3)23(27)20-12-11-19(31-4)15-16(20)2/h7-12,15,22,27H,5-6,13-14H2,1-4H3/b23-21+/t22-/m0/s1. The second-order valence-corrected chi connectivity index (χ2v) is 7.61. The van der Waals surface area contributed by atoms with Gasteiger partial charge in [0.15, 0.2) is 0 Å². The number of aryl methyl sites for hydroxylation is 2. The van der Waals surface area contributed by atoms with Gasteiger partial charge < -0.3 is 19.5 Å². The van der Waals surface area contributed by atoms with Gasteiger partial charge in [-0.05, 0) is 54.7 Å². The Morgan fingerprint density at radius 3 is 2.39 bits per heavy atom. The van der Waals surface area contributed by atoms with Gasteiger partial charge in [-0.2, -0.15) is 0 Å². The second-order valence-electron chi connectivity index (χ2n) is 7.61. The number of Topliss-reactive ketones (excluding diaryl/α,β-unsaturated/α-hetero) is 1. The van der Waals surface area contributed by atoms with Crippen molar-refractivity contribution in [3.05, 3.63) is 70.3 Å². The van der Waals surface area contributed by atoms with E-state index < -0.39 is 17.7 Å². The highest BCUT2D eigenvalue weighted by Gasteiger charge is 2.45. The summed E-state index contributed by atoms with van der Waals surface area (Å²) in [5.74, 6) is -0.791. The lowest BCUT2D eigenvalue weighted by atomic mass is 9.93. The lowest BCUT2D eigenvalue weighted by Gasteiger charge is -2.25. The van der Waals surface area contributed by atoms with Crippen molar-refractivity contribution in [1.29, 1.82) is 0 Å². The van der Waals surface area contributed by atoms with Crippen LogP contribution >= 0.6 is 0 Å². The Morgan fingerprint density at radius 2 is 1.81 bits per heavy atom. The molecule has 1 amide bonds. The maximum absolute atomic E-state index is 13.0. The van der Waals surface area contributed by atoms with Crippen LogP contribution in [-0.4, -0.2) is 49.1 Å². The van der Waals surface area contributed by atoms with E-state index >= 15 is 0 Å². The van der Waals surface area contributed by atoms with Gasteiger partial charge in [-0.1, -0.05) is 31.2 Å². The highest BCUT2D eigenvalue weighted by atomic mass is 16.5. The van der Waals surface area contributed by atoms with Gasteiger partial charge in [0.1, 0.15) is 11.5 Å². The van der Waals surface area contributed by atoms with Gasteiger partial charge in [-0.25, -0.2) is 0 Å². The van der Waals surface area contributed by atoms with Crippen molar-refractivity contribution >= 4 is 17.4 Å². The zero-order valence-electron chi connectivity index (χ0n) is 18.5. The predicted octanol–water partition coefficient (Wildman–Crippen LogP) is 4.02. The SMILES string of the molecule is CCc1ccc([C@H]2/C(=C(\O)c3ccc(OC)cc3C)C(=O)C(=O)N2CCCOC)cc1. The molecule has 1 aliphatic rings. The number of nitrogens with zero attached hydrogens (tertiary/aromatic N) is 1. The summed E-state index contributed by atoms with van der Waals surface area (Å²) >= 11 is 0. The van der Waals surface area contributed by atoms with Crippen molar-refractivity contribution in [2.75, 3.05) is 27.4 Å². The Morgan fingerprint density at radius 1 is 1.10 bits per heavy atom. The molecular weight excluding hydrogens is 394 g/mol. The number of likely N-dealkylation sites (tertiary alicyclic amines) is 1. The topological polar surface area (TPSA) is 76.1 Å². The minimum Gasteiger partial charge on any atom is -0.507 e. The third kappa shape index (κ3) is 4.49. The maximum Gasteiger partial charge on any atom is 0.295 e. The normalized spacial score (nSPS) is 17.9. The number of aliphatic hydroxyl groups is 1. The number of rotatable bonds is 8. The Balaban J connectivity index is 2.13. The van der Waals surface area contributed by atoms with Gasteiger partial charge in [-0.15, -0.1) is 0 Å². The molecule has 1 N–H and O–H groups in total. The van der Waals surface area contributed by atoms with Crippen LogP contribution in [0.4, 0.5) is 0 Å². The molecule has 1 fully saturated rings. The average Bonchev–Trinajstić information content (AvgIpc) is 3.03. The van der Waals surface area contributed by atoms with E-state index in [9.17, 15) is 14.7 Å². The van der Waals surface area contributed by atoms with Crippen molar-refractivity contribution < 1.29 is 24.2 Å². The van der Waals surface area contributed by atoms with Gasteiger partial charge in [0.2, 0.25) is 0 Å². The number of hydrogen-bond donors (Lipinski definition) is 1. The van der Waals surface area contributed by atoms with E-state index in [4.69, 9.17) is 9.47 Å². The molecule has 1 atom stereocenters. The Kier molecular flexibility index (Phi) is 7.13. The number of carbonyl (C=O) groups is 2. The minimum absolute atomic E-state index is 0.111. The summed E-state index contributed by atoms with van der Waals surface area (Å²) in [6, 6.07) is 12.4. The summed E-state index contributed by atoms with van der Waals surface area (Å²) in [5, 5.41) is 11.2. The largest absolute Gasteiger partial charge is 0.507 e. The Bertz CT molecular complexity index is 993. The van der Waals surface area contributed by atoms with Gasteiger partial charge >= 0.3 is 0 Å². The van der Waals surface area contributed by atoms with Crippen LogP contribution in [0.5, 0.6) is 5.75 Å². The van der Waals surface area contributed by atoms with Crippen LogP contribution in [0.15, 0.2) is 48.0 Å². The first-order valence-corrected chi connectivity index (χ1v) is 10.4. The first kappa shape index (κ1) is 22.6. The fourth-order valence-electron chi connectivity index (χ4n) is 3.95. The van der Waals surface area contributed by atoms with E-state index in [-0.39, 0.29) is 11.3 Å². The summed E-state index contributed by atoms with van der Waals surface area (Å²) in [6.45, 7) is 4.73. The fourth-order valence-corrected chi connectivity index (χ4v) is 3.95. The second kappa shape index (κ2) is 9.79. The number of ether oxygens (including phenoxy) is 2. The molecule has 1 heterocycles. The monoisotopic (exact) mass is 423 g/mol. The smallest absolute Gasteiger partial charge is 0.295 e. The molecule has 2 aromatic carbocycles. The van der Waals surface area contributed by atoms with Crippen molar-refractivity contribution in [2.24, 2.45) is 0 Å². The van der Waals surface area contributed by atoms with E-state index in [0.717, 1.165) is 23.1 Å². The summed E-state index contributed by atoms with van der Waals surface area (Å²) in [4.78, 5) is 27.5. The molecule has 0 aromatic heterocycles. The molecule has 1 saturated heterocycles. The van der Waals surface area contributed by atoms with Crippen LogP contribution in [0.2, 0.25) is 0 Å². The zero-order valence-corrected chi connectivity index (χ0v) is 18.5. The third-order valence-corrected chi connectivity index (χ3v) is 5.68. The molecule has 6 heteroatoms. The van der Waals surface area contributed by atoms with Gasteiger partial charge in [0.05, 0.1) is 18.7 Å². The number of hydrogen-bond acceptors (Lipinski definition) is 5. The van der Waals surface area contributed by atoms with Crippen molar-refractivity contribution in [3.8, 4) is 5.75 Å². The first-order valence-electron chi connectivity index (χ1n) is 10.4. The number of ketones is 1. The number of amides is 1. The highest BCUT2D eigenvalue weighted by molar-refractivity contribution is 6.46. The molecular formula is C25H29NO5. The van der Waals surface area contributed by atoms with Gasteiger partial charge in [0, 0.05) is 25.8 Å². The van der Waals surface area contributed by atoms with Crippen molar-refractivity contribution in [1.82, 2.24) is 4.90 Å². The van der Waals surface area contributed by atoms with Crippen LogP contribution in [0.1, 0.15) is 41.6 Å². The van der Waals surface area contributed by atoms with Crippen LogP contribution in [0, 0.1) is 6.92 Å². The van der Waals surface area contributed by atoms with E-state index in [2.05, 4.69) is 6.92 Å². The molecule has 0 radical (unpaired) electrons. The Labute approximate surface area is 183 Å². The third-order valence-electron chi connectivity index (χ3n) is 5.68. The summed E-state index contributed by atoms with van der Waals surface area (Å²) in [6.07, 6.45) is 1.48. The molecule has 0 aliphatic carbocycles. The van der Waals surface area contributed by atoms with Crippen LogP contribution in [0.3, 0.4) is 0 Å². The number of methoxy groups -OCH3 is 2. The molecule has 3 rings (SSSR count). The molecule has 0 bridgehead atoms. The minimum atomic E-state index is -0.672. The molecule has 164 valence electrons. The molecule has 0 saturated carbocycles. The fraction of sp³-hybridized carbons (Fsp3) is 0.360. The van der Waals surface area contributed by atoms with E-state index in [1.165, 1.54) is 4.90 Å². The zero-order chi connectivity index (χ0) is 22.5. The molecule has 1 aliphatic heterocycles. The van der Waals surface area contributed by atoms with E-state index in [1.807, 2.05) is 31.2 Å². The van der Waals surface area contributed by atoms with E-state index in [0.29, 0.717) is 30.9 Å².